The molecule has 5 heteroatoms. The van der Waals surface area contributed by atoms with Gasteiger partial charge in [0.15, 0.2) is 0 Å². The van der Waals surface area contributed by atoms with Crippen LogP contribution in [-0.4, -0.2) is 59.8 Å². The lowest BCUT2D eigenvalue weighted by Crippen LogP contribution is -2.43. The second-order valence-electron chi connectivity index (χ2n) is 8.28. The summed E-state index contributed by atoms with van der Waals surface area (Å²) >= 11 is 0. The van der Waals surface area contributed by atoms with Gasteiger partial charge in [-0.3, -0.25) is 4.90 Å². The first-order valence-electron chi connectivity index (χ1n) is 10.7. The van der Waals surface area contributed by atoms with Gasteiger partial charge in [0.05, 0.1) is 0 Å². The van der Waals surface area contributed by atoms with E-state index in [1.807, 2.05) is 18.3 Å². The van der Waals surface area contributed by atoms with E-state index >= 15 is 0 Å². The highest BCUT2D eigenvalue weighted by molar-refractivity contribution is 5.90. The van der Waals surface area contributed by atoms with Gasteiger partial charge < -0.3 is 15.0 Å². The average Bonchev–Trinajstić information content (AvgIpc) is 3.18. The number of aromatic hydroxyl groups is 1. The average molecular weight is 415 g/mol. The summed E-state index contributed by atoms with van der Waals surface area (Å²) in [7, 11) is 2.19. The number of hydrogen-bond donors (Lipinski definition) is 2. The van der Waals surface area contributed by atoms with Gasteiger partial charge in [-0.1, -0.05) is 36.4 Å². The van der Waals surface area contributed by atoms with Crippen LogP contribution in [0.4, 0.5) is 5.82 Å². The third-order valence-electron chi connectivity index (χ3n) is 5.99. The topological polar surface area (TPSA) is 54.9 Å². The number of piperazine rings is 1. The van der Waals surface area contributed by atoms with Gasteiger partial charge in [-0.05, 0) is 61.2 Å². The molecule has 2 heterocycles. The molecular formula is C26H30N4O. The van der Waals surface area contributed by atoms with Crippen molar-refractivity contribution >= 4 is 24.2 Å². The fourth-order valence-electron chi connectivity index (χ4n) is 4.05. The molecule has 160 valence electrons. The molecular weight excluding hydrogens is 384 g/mol. The summed E-state index contributed by atoms with van der Waals surface area (Å²) in [5, 5.41) is 9.88. The number of hydrogen-bond acceptors (Lipinski definition) is 4. The van der Waals surface area contributed by atoms with Gasteiger partial charge in [0, 0.05) is 50.0 Å². The number of phenols is 1. The Kier molecular flexibility index (Phi) is 6.35. The van der Waals surface area contributed by atoms with Gasteiger partial charge >= 0.3 is 0 Å². The number of benzene rings is 2. The highest BCUT2D eigenvalue weighted by atomic mass is 16.3. The van der Waals surface area contributed by atoms with Gasteiger partial charge in [-0.2, -0.15) is 0 Å². The van der Waals surface area contributed by atoms with E-state index < -0.39 is 0 Å². The van der Waals surface area contributed by atoms with Crippen LogP contribution >= 0.6 is 0 Å². The van der Waals surface area contributed by atoms with Crippen LogP contribution in [0.15, 0.2) is 59.7 Å². The molecule has 1 aliphatic rings. The van der Waals surface area contributed by atoms with Crippen LogP contribution in [0.3, 0.4) is 0 Å². The molecule has 0 atom stereocenters. The number of likely N-dealkylation sites (N-methyl/N-ethyl adjacent to an activating group) is 1. The van der Waals surface area contributed by atoms with Crippen molar-refractivity contribution in [2.75, 3.05) is 33.2 Å². The van der Waals surface area contributed by atoms with E-state index in [1.54, 1.807) is 12.1 Å². The number of nitrogens with zero attached hydrogens (tertiary/aromatic N) is 3. The smallest absolute Gasteiger partial charge is 0.137 e. The zero-order chi connectivity index (χ0) is 21.8. The molecule has 2 aromatic carbocycles. The van der Waals surface area contributed by atoms with Crippen LogP contribution in [0, 0.1) is 0 Å². The third kappa shape index (κ3) is 4.95. The maximum atomic E-state index is 9.88. The van der Waals surface area contributed by atoms with Crippen molar-refractivity contribution in [3.05, 3.63) is 71.4 Å². The molecule has 1 aromatic heterocycles. The molecule has 1 saturated heterocycles. The van der Waals surface area contributed by atoms with Gasteiger partial charge in [-0.25, -0.2) is 4.99 Å². The highest BCUT2D eigenvalue weighted by Crippen LogP contribution is 2.35. The summed E-state index contributed by atoms with van der Waals surface area (Å²) < 4.78 is 0. The largest absolute Gasteiger partial charge is 0.508 e. The number of aliphatic imine (C=N–C) groups is 1. The van der Waals surface area contributed by atoms with E-state index in [0.29, 0.717) is 0 Å². The summed E-state index contributed by atoms with van der Waals surface area (Å²) in [4.78, 5) is 12.2. The van der Waals surface area contributed by atoms with Crippen LogP contribution in [0.5, 0.6) is 5.75 Å². The minimum absolute atomic E-state index is 0.245. The number of rotatable bonds is 6. The first-order valence-corrected chi connectivity index (χ1v) is 10.7. The molecule has 0 unspecified atom stereocenters. The Morgan fingerprint density at radius 1 is 1.13 bits per heavy atom. The van der Waals surface area contributed by atoms with Gasteiger partial charge in [0.1, 0.15) is 11.6 Å². The number of aromatic nitrogens is 1. The highest BCUT2D eigenvalue weighted by Gasteiger charge is 2.14. The fourth-order valence-corrected chi connectivity index (χ4v) is 4.05. The Morgan fingerprint density at radius 2 is 1.87 bits per heavy atom. The molecule has 3 aromatic rings. The Morgan fingerprint density at radius 3 is 2.55 bits per heavy atom. The van der Waals surface area contributed by atoms with E-state index in [-0.39, 0.29) is 5.75 Å². The van der Waals surface area contributed by atoms with Crippen molar-refractivity contribution in [2.45, 2.75) is 13.5 Å². The van der Waals surface area contributed by atoms with Crippen LogP contribution in [0.2, 0.25) is 0 Å². The van der Waals surface area contributed by atoms with E-state index in [9.17, 15) is 5.11 Å². The molecule has 31 heavy (non-hydrogen) atoms. The van der Waals surface area contributed by atoms with Crippen LogP contribution in [0.25, 0.3) is 22.8 Å². The second kappa shape index (κ2) is 9.33. The maximum absolute atomic E-state index is 9.88. The fraction of sp³-hybridized carbons (Fsp3) is 0.269. The Balaban J connectivity index is 1.55. The molecule has 4 rings (SSSR count). The predicted molar refractivity (Wildman–Crippen MR) is 130 cm³/mol. The first-order chi connectivity index (χ1) is 15.0. The second-order valence-corrected chi connectivity index (χ2v) is 8.28. The molecule has 0 amide bonds. The van der Waals surface area contributed by atoms with Crippen molar-refractivity contribution in [2.24, 2.45) is 4.99 Å². The SMILES string of the molecule is C=Nc1[nH]cc(-c2cccc(O)c2)c1/C=C(\C)c1ccc(CN2CCN(C)CC2)cc1. The monoisotopic (exact) mass is 414 g/mol. The summed E-state index contributed by atoms with van der Waals surface area (Å²) in [6.07, 6.45) is 4.05. The number of phenolic OH excluding ortho intramolecular Hbond substituents is 1. The number of aromatic amines is 1. The molecule has 0 spiro atoms. The van der Waals surface area contributed by atoms with E-state index in [4.69, 9.17) is 0 Å². The summed E-state index contributed by atoms with van der Waals surface area (Å²) in [6.45, 7) is 11.3. The van der Waals surface area contributed by atoms with E-state index in [2.05, 4.69) is 70.8 Å². The van der Waals surface area contributed by atoms with Gasteiger partial charge in [-0.15, -0.1) is 0 Å². The first kappa shape index (κ1) is 21.1. The van der Waals surface area contributed by atoms with Gasteiger partial charge in [0.25, 0.3) is 0 Å². The Labute approximate surface area is 184 Å². The van der Waals surface area contributed by atoms with Crippen LogP contribution in [0.1, 0.15) is 23.6 Å². The van der Waals surface area contributed by atoms with E-state index in [0.717, 1.165) is 60.8 Å². The third-order valence-corrected chi connectivity index (χ3v) is 5.99. The lowest BCUT2D eigenvalue weighted by atomic mass is 9.99. The minimum atomic E-state index is 0.245. The predicted octanol–water partition coefficient (Wildman–Crippen LogP) is 5.03. The van der Waals surface area contributed by atoms with Crippen molar-refractivity contribution in [1.29, 1.82) is 0 Å². The zero-order valence-corrected chi connectivity index (χ0v) is 18.3. The maximum Gasteiger partial charge on any atom is 0.137 e. The van der Waals surface area contributed by atoms with Crippen molar-refractivity contribution in [3.8, 4) is 16.9 Å². The molecule has 1 aliphatic heterocycles. The van der Waals surface area contributed by atoms with Crippen molar-refractivity contribution in [3.63, 3.8) is 0 Å². The van der Waals surface area contributed by atoms with Crippen LogP contribution < -0.4 is 0 Å². The lowest BCUT2D eigenvalue weighted by molar-refractivity contribution is 0.148. The number of H-pyrrole nitrogens is 1. The summed E-state index contributed by atoms with van der Waals surface area (Å²) in [5.74, 6) is 0.971. The molecule has 0 radical (unpaired) electrons. The van der Waals surface area contributed by atoms with E-state index in [1.165, 1.54) is 11.1 Å². The molecule has 0 aliphatic carbocycles. The van der Waals surface area contributed by atoms with Crippen molar-refractivity contribution in [1.82, 2.24) is 14.8 Å². The summed E-state index contributed by atoms with van der Waals surface area (Å²) in [6, 6.07) is 16.1. The minimum Gasteiger partial charge on any atom is -0.508 e. The van der Waals surface area contributed by atoms with Crippen molar-refractivity contribution < 1.29 is 5.11 Å². The molecule has 5 nitrogen and oxygen atoms in total. The lowest BCUT2D eigenvalue weighted by Gasteiger charge is -2.32. The number of nitrogens with one attached hydrogen (secondary N) is 1. The number of allylic oxidation sites excluding steroid dienone is 1. The normalized spacial score (nSPS) is 15.9. The Hall–Kier alpha value is -3.15. The molecule has 2 N–H and O–H groups in total. The molecule has 1 fully saturated rings. The summed E-state index contributed by atoms with van der Waals surface area (Å²) in [5.41, 5.74) is 6.57. The molecule has 0 saturated carbocycles. The standard InChI is InChI=1S/C26H30N4O/c1-19(21-9-7-20(8-10-21)18-30-13-11-29(3)12-14-30)15-24-25(17-28-26(24)27-2)22-5-4-6-23(31)16-22/h4-10,15-17,28,31H,2,11-14,18H2,1,3H3/b19-15+. The Bertz CT molecular complexity index is 1070. The van der Waals surface area contributed by atoms with Crippen LogP contribution in [-0.2, 0) is 6.54 Å². The zero-order valence-electron chi connectivity index (χ0n) is 18.3. The molecule has 0 bridgehead atoms. The quantitative estimate of drug-likeness (QED) is 0.557. The van der Waals surface area contributed by atoms with Gasteiger partial charge in [0.2, 0.25) is 0 Å².